The summed E-state index contributed by atoms with van der Waals surface area (Å²) in [6.45, 7) is 5.76. The van der Waals surface area contributed by atoms with E-state index in [1.807, 2.05) is 18.7 Å². The molecule has 0 spiro atoms. The predicted molar refractivity (Wildman–Crippen MR) is 63.5 cm³/mol. The van der Waals surface area contributed by atoms with E-state index in [4.69, 9.17) is 4.74 Å². The van der Waals surface area contributed by atoms with Crippen LogP contribution < -0.4 is 0 Å². The maximum absolute atomic E-state index is 12.2. The molecule has 0 aromatic carbocycles. The summed E-state index contributed by atoms with van der Waals surface area (Å²) in [7, 11) is 0. The number of carbonyl (C=O) groups is 2. The average Bonchev–Trinajstić information content (AvgIpc) is 2.75. The molecule has 2 aliphatic heterocycles. The van der Waals surface area contributed by atoms with E-state index in [2.05, 4.69) is 0 Å². The molecule has 2 saturated heterocycles. The summed E-state index contributed by atoms with van der Waals surface area (Å²) in [5.74, 6) is 0.552. The van der Waals surface area contributed by atoms with Crippen LogP contribution in [0.5, 0.6) is 0 Å². The molecule has 17 heavy (non-hydrogen) atoms. The third-order valence-electron chi connectivity index (χ3n) is 3.88. The third-order valence-corrected chi connectivity index (χ3v) is 3.88. The summed E-state index contributed by atoms with van der Waals surface area (Å²) in [5.41, 5.74) is 0. The Hall–Kier alpha value is -0.900. The van der Waals surface area contributed by atoms with Crippen LogP contribution in [0.2, 0.25) is 0 Å². The first kappa shape index (κ1) is 12.6. The van der Waals surface area contributed by atoms with E-state index in [0.717, 1.165) is 12.8 Å². The molecule has 96 valence electrons. The van der Waals surface area contributed by atoms with Gasteiger partial charge < -0.3 is 9.64 Å². The lowest BCUT2D eigenvalue weighted by Crippen LogP contribution is -2.46. The summed E-state index contributed by atoms with van der Waals surface area (Å²) in [5, 5.41) is 0. The third kappa shape index (κ3) is 2.68. The second kappa shape index (κ2) is 5.17. The van der Waals surface area contributed by atoms with Gasteiger partial charge >= 0.3 is 0 Å². The Labute approximate surface area is 102 Å². The molecule has 3 unspecified atom stereocenters. The number of ketones is 1. The van der Waals surface area contributed by atoms with Crippen molar-refractivity contribution in [2.45, 2.75) is 39.2 Å². The fraction of sp³-hybridized carbons (Fsp3) is 0.846. The Morgan fingerprint density at radius 3 is 2.88 bits per heavy atom. The van der Waals surface area contributed by atoms with Crippen LogP contribution in [0, 0.1) is 11.8 Å². The van der Waals surface area contributed by atoms with Gasteiger partial charge in [-0.2, -0.15) is 0 Å². The first-order chi connectivity index (χ1) is 8.11. The van der Waals surface area contributed by atoms with Gasteiger partial charge in [0.15, 0.2) is 0 Å². The van der Waals surface area contributed by atoms with Gasteiger partial charge in [0.1, 0.15) is 5.78 Å². The van der Waals surface area contributed by atoms with E-state index in [1.165, 1.54) is 0 Å². The Balaban J connectivity index is 1.94. The van der Waals surface area contributed by atoms with Crippen molar-refractivity contribution in [1.29, 1.82) is 0 Å². The van der Waals surface area contributed by atoms with Gasteiger partial charge in [-0.05, 0) is 19.8 Å². The number of amides is 1. The maximum Gasteiger partial charge on any atom is 0.228 e. The van der Waals surface area contributed by atoms with Crippen molar-refractivity contribution >= 4 is 11.7 Å². The van der Waals surface area contributed by atoms with E-state index in [9.17, 15) is 9.59 Å². The summed E-state index contributed by atoms with van der Waals surface area (Å²) in [4.78, 5) is 25.7. The molecule has 0 bridgehead atoms. The monoisotopic (exact) mass is 239 g/mol. The van der Waals surface area contributed by atoms with Crippen molar-refractivity contribution in [1.82, 2.24) is 4.90 Å². The van der Waals surface area contributed by atoms with Crippen LogP contribution in [0.25, 0.3) is 0 Å². The number of hydrogen-bond donors (Lipinski definition) is 0. The number of likely N-dealkylation sites (tertiary alicyclic amines) is 1. The molecule has 0 aromatic heterocycles. The number of piperidine rings is 1. The summed E-state index contributed by atoms with van der Waals surface area (Å²) >= 11 is 0. The smallest absolute Gasteiger partial charge is 0.228 e. The number of nitrogens with zero attached hydrogens (tertiary/aromatic N) is 1. The van der Waals surface area contributed by atoms with Gasteiger partial charge in [0, 0.05) is 25.4 Å². The fourth-order valence-electron chi connectivity index (χ4n) is 2.71. The average molecular weight is 239 g/mol. The van der Waals surface area contributed by atoms with Crippen LogP contribution in [0.1, 0.15) is 33.1 Å². The second-order valence-electron chi connectivity index (χ2n) is 5.18. The molecule has 0 saturated carbocycles. The number of carbonyl (C=O) groups excluding carboxylic acids is 2. The Morgan fingerprint density at radius 2 is 2.29 bits per heavy atom. The van der Waals surface area contributed by atoms with Crippen molar-refractivity contribution in [3.8, 4) is 0 Å². The van der Waals surface area contributed by atoms with Gasteiger partial charge in [0.25, 0.3) is 0 Å². The van der Waals surface area contributed by atoms with E-state index >= 15 is 0 Å². The van der Waals surface area contributed by atoms with Gasteiger partial charge in [0.2, 0.25) is 5.91 Å². The molecule has 2 heterocycles. The van der Waals surface area contributed by atoms with Crippen LogP contribution in [-0.4, -0.2) is 42.4 Å². The highest BCUT2D eigenvalue weighted by molar-refractivity contribution is 5.86. The summed E-state index contributed by atoms with van der Waals surface area (Å²) in [6.07, 6.45) is 2.37. The largest absolute Gasteiger partial charge is 0.378 e. The molecule has 1 amide bonds. The van der Waals surface area contributed by atoms with Gasteiger partial charge in [-0.1, -0.05) is 6.92 Å². The Morgan fingerprint density at radius 1 is 1.53 bits per heavy atom. The Bertz CT molecular complexity index is 316. The fourth-order valence-corrected chi connectivity index (χ4v) is 2.71. The molecule has 0 radical (unpaired) electrons. The lowest BCUT2D eigenvalue weighted by Gasteiger charge is -2.32. The van der Waals surface area contributed by atoms with Crippen molar-refractivity contribution in [2.75, 3.05) is 19.7 Å². The highest BCUT2D eigenvalue weighted by atomic mass is 16.5. The molecule has 0 aliphatic carbocycles. The number of hydrogen-bond acceptors (Lipinski definition) is 3. The van der Waals surface area contributed by atoms with Gasteiger partial charge in [-0.3, -0.25) is 9.59 Å². The standard InChI is InChI=1S/C13H21NO3/c1-3-10-7-14(5-4-12(10)15)13(16)11-6-9(2)17-8-11/h9-11H,3-8H2,1-2H3. The van der Waals surface area contributed by atoms with Gasteiger partial charge in [-0.15, -0.1) is 0 Å². The molecule has 2 fully saturated rings. The van der Waals surface area contributed by atoms with Crippen molar-refractivity contribution in [3.63, 3.8) is 0 Å². The SMILES string of the molecule is CCC1CN(C(=O)C2COC(C)C2)CCC1=O. The molecule has 3 atom stereocenters. The molecular weight excluding hydrogens is 218 g/mol. The van der Waals surface area contributed by atoms with Crippen LogP contribution in [-0.2, 0) is 14.3 Å². The minimum absolute atomic E-state index is 0.00991. The van der Waals surface area contributed by atoms with E-state index < -0.39 is 0 Å². The highest BCUT2D eigenvalue weighted by Gasteiger charge is 2.35. The topological polar surface area (TPSA) is 46.6 Å². The number of Topliss-reactive ketones (excluding diaryl/α,β-unsaturated/α-hetero) is 1. The molecule has 0 N–H and O–H groups in total. The molecule has 2 aliphatic rings. The highest BCUT2D eigenvalue weighted by Crippen LogP contribution is 2.24. The van der Waals surface area contributed by atoms with E-state index in [0.29, 0.717) is 31.9 Å². The zero-order valence-electron chi connectivity index (χ0n) is 10.6. The molecule has 4 heteroatoms. The molecule has 0 aromatic rings. The quantitative estimate of drug-likeness (QED) is 0.728. The second-order valence-corrected chi connectivity index (χ2v) is 5.18. The molecule has 2 rings (SSSR count). The normalized spacial score (nSPS) is 34.1. The van der Waals surface area contributed by atoms with Crippen LogP contribution >= 0.6 is 0 Å². The van der Waals surface area contributed by atoms with Crippen molar-refractivity contribution < 1.29 is 14.3 Å². The van der Waals surface area contributed by atoms with Crippen LogP contribution in [0.15, 0.2) is 0 Å². The van der Waals surface area contributed by atoms with Gasteiger partial charge in [0.05, 0.1) is 18.6 Å². The summed E-state index contributed by atoms with van der Waals surface area (Å²) in [6, 6.07) is 0. The zero-order chi connectivity index (χ0) is 12.4. The van der Waals surface area contributed by atoms with Crippen molar-refractivity contribution in [2.24, 2.45) is 11.8 Å². The van der Waals surface area contributed by atoms with Crippen LogP contribution in [0.4, 0.5) is 0 Å². The van der Waals surface area contributed by atoms with E-state index in [1.54, 1.807) is 0 Å². The van der Waals surface area contributed by atoms with Gasteiger partial charge in [-0.25, -0.2) is 0 Å². The Kier molecular flexibility index (Phi) is 3.82. The predicted octanol–water partition coefficient (Wildman–Crippen LogP) is 1.24. The zero-order valence-corrected chi connectivity index (χ0v) is 10.6. The molecule has 4 nitrogen and oxygen atoms in total. The molecular formula is C13H21NO3. The van der Waals surface area contributed by atoms with Crippen LogP contribution in [0.3, 0.4) is 0 Å². The van der Waals surface area contributed by atoms with E-state index in [-0.39, 0.29) is 23.8 Å². The maximum atomic E-state index is 12.2. The summed E-state index contributed by atoms with van der Waals surface area (Å²) < 4.78 is 5.44. The minimum Gasteiger partial charge on any atom is -0.378 e. The lowest BCUT2D eigenvalue weighted by atomic mass is 9.93. The number of rotatable bonds is 2. The van der Waals surface area contributed by atoms with Crippen molar-refractivity contribution in [3.05, 3.63) is 0 Å². The first-order valence-electron chi connectivity index (χ1n) is 6.55. The lowest BCUT2D eigenvalue weighted by molar-refractivity contribution is -0.140. The number of ether oxygens (including phenoxy) is 1. The minimum atomic E-state index is 0.00991. The first-order valence-corrected chi connectivity index (χ1v) is 6.55.